The van der Waals surface area contributed by atoms with Gasteiger partial charge in [-0.05, 0) is 54.2 Å². The molecule has 164 valence electrons. The maximum atomic E-state index is 14.4. The van der Waals surface area contributed by atoms with E-state index in [2.05, 4.69) is 11.7 Å². The lowest BCUT2D eigenvalue weighted by Crippen LogP contribution is -2.21. The Morgan fingerprint density at radius 3 is 2.27 bits per heavy atom. The van der Waals surface area contributed by atoms with Gasteiger partial charge in [0.1, 0.15) is 17.4 Å². The van der Waals surface area contributed by atoms with E-state index < -0.39 is 26.8 Å². The molecule has 0 bridgehead atoms. The smallest absolute Gasteiger partial charge is 0.406 e. The Morgan fingerprint density at radius 1 is 1.00 bits per heavy atom. The molecule has 2 aromatic carbocycles. The van der Waals surface area contributed by atoms with Crippen LogP contribution in [0.5, 0.6) is 5.75 Å². The fraction of sp³-hybridized carbons (Fsp3) is 0.478. The minimum absolute atomic E-state index is 0.0225. The Balaban J connectivity index is 1.90. The molecule has 0 aromatic heterocycles. The zero-order valence-electron chi connectivity index (χ0n) is 17.1. The molecule has 1 nitrogen and oxygen atoms in total. The van der Waals surface area contributed by atoms with Gasteiger partial charge < -0.3 is 4.74 Å². The van der Waals surface area contributed by atoms with Gasteiger partial charge in [0.2, 0.25) is 0 Å². The molecule has 7 heteroatoms. The lowest BCUT2D eigenvalue weighted by Gasteiger charge is -2.30. The molecule has 0 unspecified atom stereocenters. The minimum Gasteiger partial charge on any atom is -0.406 e. The van der Waals surface area contributed by atoms with Crippen LogP contribution >= 0.6 is 0 Å². The van der Waals surface area contributed by atoms with E-state index in [-0.39, 0.29) is 17.2 Å². The highest BCUT2D eigenvalue weighted by atomic mass is 28.3. The van der Waals surface area contributed by atoms with E-state index in [9.17, 15) is 22.0 Å². The number of benzene rings is 2. The normalized spacial score (nSPS) is 19.7. The molecule has 0 amide bonds. The zero-order chi connectivity index (χ0) is 21.7. The average molecular weight is 443 g/mol. The molecule has 2 aromatic rings. The van der Waals surface area contributed by atoms with Crippen molar-refractivity contribution in [3.63, 3.8) is 0 Å². The highest BCUT2D eigenvalue weighted by Crippen LogP contribution is 2.42. The third-order valence-corrected chi connectivity index (χ3v) is 9.52. The summed E-state index contributed by atoms with van der Waals surface area (Å²) in [6.07, 6.45) is 0.557. The Labute approximate surface area is 175 Å². The van der Waals surface area contributed by atoms with Gasteiger partial charge in [-0.25, -0.2) is 8.78 Å². The Morgan fingerprint density at radius 2 is 1.67 bits per heavy atom. The molecule has 0 N–H and O–H groups in total. The first-order valence-electron chi connectivity index (χ1n) is 10.6. The van der Waals surface area contributed by atoms with Gasteiger partial charge in [-0.15, -0.1) is 13.2 Å². The molecule has 0 spiro atoms. The van der Waals surface area contributed by atoms with E-state index in [1.807, 2.05) is 0 Å². The van der Waals surface area contributed by atoms with Gasteiger partial charge in [0, 0.05) is 8.80 Å². The van der Waals surface area contributed by atoms with Crippen molar-refractivity contribution in [2.75, 3.05) is 0 Å². The molecule has 1 heterocycles. The predicted molar refractivity (Wildman–Crippen MR) is 112 cm³/mol. The van der Waals surface area contributed by atoms with E-state index in [1.54, 1.807) is 0 Å². The quantitative estimate of drug-likeness (QED) is 0.241. The van der Waals surface area contributed by atoms with Crippen LogP contribution in [-0.4, -0.2) is 15.2 Å². The molecule has 1 aliphatic heterocycles. The van der Waals surface area contributed by atoms with Crippen LogP contribution in [0, 0.1) is 11.6 Å². The first kappa shape index (κ1) is 22.8. The fourth-order valence-electron chi connectivity index (χ4n) is 4.50. The van der Waals surface area contributed by atoms with Crippen LogP contribution in [0.15, 0.2) is 36.4 Å². The Bertz CT molecular complexity index is 824. The van der Waals surface area contributed by atoms with Gasteiger partial charge in [0.05, 0.1) is 5.56 Å². The lowest BCUT2D eigenvalue weighted by atomic mass is 9.86. The van der Waals surface area contributed by atoms with Crippen LogP contribution in [0.4, 0.5) is 22.0 Å². The van der Waals surface area contributed by atoms with Crippen molar-refractivity contribution in [3.8, 4) is 16.9 Å². The molecule has 3 rings (SSSR count). The first-order chi connectivity index (χ1) is 14.3. The minimum atomic E-state index is -4.81. The molecular weight excluding hydrogens is 415 g/mol. The van der Waals surface area contributed by atoms with Gasteiger partial charge in [0.15, 0.2) is 0 Å². The largest absolute Gasteiger partial charge is 0.573 e. The molecule has 30 heavy (non-hydrogen) atoms. The van der Waals surface area contributed by atoms with E-state index in [1.165, 1.54) is 55.6 Å². The van der Waals surface area contributed by atoms with Crippen molar-refractivity contribution in [3.05, 3.63) is 53.6 Å². The van der Waals surface area contributed by atoms with E-state index in [0.29, 0.717) is 11.1 Å². The second-order valence-electron chi connectivity index (χ2n) is 8.11. The van der Waals surface area contributed by atoms with E-state index in [0.717, 1.165) is 31.0 Å². The lowest BCUT2D eigenvalue weighted by molar-refractivity contribution is -0.274. The molecule has 0 saturated carbocycles. The number of ether oxygens (including phenoxy) is 1. The molecule has 0 radical (unpaired) electrons. The number of halogens is 5. The average Bonchev–Trinajstić information content (AvgIpc) is 2.68. The van der Waals surface area contributed by atoms with Crippen molar-refractivity contribution in [2.24, 2.45) is 0 Å². The third-order valence-electron chi connectivity index (χ3n) is 5.99. The van der Waals surface area contributed by atoms with Crippen LogP contribution in [-0.2, 0) is 0 Å². The molecule has 1 fully saturated rings. The van der Waals surface area contributed by atoms with Crippen molar-refractivity contribution >= 4 is 8.80 Å². The van der Waals surface area contributed by atoms with Crippen LogP contribution in [0.3, 0.4) is 0 Å². The molecule has 1 aliphatic rings. The first-order valence-corrected chi connectivity index (χ1v) is 13.1. The molecule has 0 aliphatic carbocycles. The van der Waals surface area contributed by atoms with Gasteiger partial charge in [-0.1, -0.05) is 56.5 Å². The summed E-state index contributed by atoms with van der Waals surface area (Å²) < 4.78 is 71.2. The highest BCUT2D eigenvalue weighted by molar-refractivity contribution is 6.59. The topological polar surface area (TPSA) is 9.23 Å². The molecule has 1 saturated heterocycles. The van der Waals surface area contributed by atoms with Crippen molar-refractivity contribution in [1.82, 2.24) is 0 Å². The number of hydrogen-bond acceptors (Lipinski definition) is 1. The standard InChI is InChI=1S/C23H27F5OSi/c1-2-3-4-12-30-13-10-16(11-14-30)19-15-17(29-23(26,27)28)8-9-18(19)22-20(24)6-5-7-21(22)25/h5-9,15-16,30H,2-4,10-14H2,1H3. The maximum Gasteiger partial charge on any atom is 0.573 e. The fourth-order valence-corrected chi connectivity index (χ4v) is 7.98. The summed E-state index contributed by atoms with van der Waals surface area (Å²) in [7, 11) is -0.835. The summed E-state index contributed by atoms with van der Waals surface area (Å²) >= 11 is 0. The van der Waals surface area contributed by atoms with Crippen LogP contribution in [0.1, 0.15) is 50.5 Å². The van der Waals surface area contributed by atoms with Crippen molar-refractivity contribution in [2.45, 2.75) is 69.4 Å². The van der Waals surface area contributed by atoms with Gasteiger partial charge in [-0.3, -0.25) is 0 Å². The summed E-state index contributed by atoms with van der Waals surface area (Å²) in [4.78, 5) is 0. The number of rotatable bonds is 7. The molecule has 0 atom stereocenters. The monoisotopic (exact) mass is 442 g/mol. The number of hydrogen-bond donors (Lipinski definition) is 0. The summed E-state index contributed by atoms with van der Waals surface area (Å²) in [6, 6.07) is 10.9. The second-order valence-corrected chi connectivity index (χ2v) is 11.6. The Kier molecular flexibility index (Phi) is 7.55. The van der Waals surface area contributed by atoms with Crippen LogP contribution in [0.25, 0.3) is 11.1 Å². The van der Waals surface area contributed by atoms with E-state index in [4.69, 9.17) is 0 Å². The van der Waals surface area contributed by atoms with Crippen LogP contribution < -0.4 is 4.74 Å². The number of alkyl halides is 3. The summed E-state index contributed by atoms with van der Waals surface area (Å²) in [5.41, 5.74) is 0.673. The summed E-state index contributed by atoms with van der Waals surface area (Å²) in [5, 5.41) is 0. The SMILES string of the molecule is CCCCC[SiH]1CCC(c2cc(OC(F)(F)F)ccc2-c2c(F)cccc2F)CC1. The van der Waals surface area contributed by atoms with Crippen LogP contribution in [0.2, 0.25) is 18.1 Å². The van der Waals surface area contributed by atoms with Crippen molar-refractivity contribution < 1.29 is 26.7 Å². The summed E-state index contributed by atoms with van der Waals surface area (Å²) in [6.45, 7) is 2.18. The Hall–Kier alpha value is -1.89. The van der Waals surface area contributed by atoms with E-state index >= 15 is 0 Å². The zero-order valence-corrected chi connectivity index (χ0v) is 18.2. The number of unbranched alkanes of at least 4 members (excludes halogenated alkanes) is 2. The molecular formula is C23H27F5OSi. The predicted octanol–water partition coefficient (Wildman–Crippen LogP) is 7.83. The van der Waals surface area contributed by atoms with Gasteiger partial charge >= 0.3 is 6.36 Å². The third kappa shape index (κ3) is 5.83. The van der Waals surface area contributed by atoms with Crippen molar-refractivity contribution in [1.29, 1.82) is 0 Å². The second kappa shape index (κ2) is 9.94. The van der Waals surface area contributed by atoms with Gasteiger partial charge in [-0.2, -0.15) is 0 Å². The van der Waals surface area contributed by atoms with Gasteiger partial charge in [0.25, 0.3) is 0 Å². The maximum absolute atomic E-state index is 14.4. The summed E-state index contributed by atoms with van der Waals surface area (Å²) in [5.74, 6) is -1.81. The highest BCUT2D eigenvalue weighted by Gasteiger charge is 2.32.